The number of hydrogen-bond acceptors (Lipinski definition) is 1. The number of carbonyl (C=O) groups excluding carboxylic acids is 1. The van der Waals surface area contributed by atoms with Crippen molar-refractivity contribution in [3.8, 4) is 0 Å². The van der Waals surface area contributed by atoms with Gasteiger partial charge in [-0.2, -0.15) is 0 Å². The summed E-state index contributed by atoms with van der Waals surface area (Å²) in [5.41, 5.74) is 1.90. The summed E-state index contributed by atoms with van der Waals surface area (Å²) in [6.07, 6.45) is 3.25. The van der Waals surface area contributed by atoms with Crippen LogP contribution in [0.5, 0.6) is 0 Å². The number of benzene rings is 1. The minimum atomic E-state index is 0. The molecule has 0 saturated carbocycles. The molecule has 4 heteroatoms. The molecule has 1 rings (SSSR count). The average molecular weight is 250 g/mol. The third kappa shape index (κ3) is 4.60. The molecule has 0 saturated heterocycles. The second kappa shape index (κ2) is 8.32. The summed E-state index contributed by atoms with van der Waals surface area (Å²) >= 11 is 6.02. The van der Waals surface area contributed by atoms with Gasteiger partial charge in [0.05, 0.1) is 5.02 Å². The van der Waals surface area contributed by atoms with Crippen LogP contribution < -0.4 is 0 Å². The van der Waals surface area contributed by atoms with Crippen LogP contribution in [-0.4, -0.2) is 30.5 Å². The molecule has 0 bridgehead atoms. The summed E-state index contributed by atoms with van der Waals surface area (Å²) in [7, 11) is 0.360. The molecule has 83 valence electrons. The van der Waals surface area contributed by atoms with Crippen molar-refractivity contribution in [3.05, 3.63) is 34.3 Å². The van der Waals surface area contributed by atoms with Crippen molar-refractivity contribution in [3.63, 3.8) is 0 Å². The van der Waals surface area contributed by atoms with Gasteiger partial charge in [0.15, 0.2) is 5.52 Å². The fraction of sp³-hybridized carbons (Fsp3) is 0.417. The van der Waals surface area contributed by atoms with E-state index < -0.39 is 0 Å². The molecule has 0 heterocycles. The first-order chi connectivity index (χ1) is 7.16. The van der Waals surface area contributed by atoms with Crippen LogP contribution in [0, 0.1) is 6.92 Å². The van der Waals surface area contributed by atoms with Gasteiger partial charge in [-0.1, -0.05) is 37.1 Å². The molecule has 1 atom stereocenters. The van der Waals surface area contributed by atoms with Gasteiger partial charge >= 0.3 is 0 Å². The van der Waals surface area contributed by atoms with Gasteiger partial charge in [-0.3, -0.25) is 4.79 Å². The quantitative estimate of drug-likeness (QED) is 0.440. The molecule has 1 radical (unpaired) electrons. The van der Waals surface area contributed by atoms with Gasteiger partial charge in [0.25, 0.3) is 0 Å². The number of carbonyl (C=O) groups is 1. The zero-order valence-corrected chi connectivity index (χ0v) is 11.9. The van der Waals surface area contributed by atoms with Crippen LogP contribution in [0.4, 0.5) is 0 Å². The van der Waals surface area contributed by atoms with Gasteiger partial charge in [-0.15, -0.1) is 0 Å². The van der Waals surface area contributed by atoms with Crippen LogP contribution in [0.25, 0.3) is 0 Å². The van der Waals surface area contributed by atoms with E-state index in [2.05, 4.69) is 6.92 Å². The van der Waals surface area contributed by atoms with Crippen molar-refractivity contribution in [2.75, 3.05) is 6.16 Å². The predicted octanol–water partition coefficient (Wildman–Crippen LogP) is 3.89. The maximum atomic E-state index is 11.9. The van der Waals surface area contributed by atoms with Crippen LogP contribution in [0.1, 0.15) is 35.7 Å². The fourth-order valence-electron chi connectivity index (χ4n) is 1.39. The van der Waals surface area contributed by atoms with Crippen LogP contribution in [0.2, 0.25) is 5.02 Å². The van der Waals surface area contributed by atoms with Crippen molar-refractivity contribution in [1.82, 2.24) is 0 Å². The summed E-state index contributed by atoms with van der Waals surface area (Å²) in [6.45, 7) is 4.07. The van der Waals surface area contributed by atoms with Crippen LogP contribution in [-0.2, 0) is 0 Å². The van der Waals surface area contributed by atoms with Crippen LogP contribution in [0.3, 0.4) is 0 Å². The van der Waals surface area contributed by atoms with Crippen LogP contribution >= 0.6 is 20.2 Å². The third-order valence-electron chi connectivity index (χ3n) is 2.26. The number of unbranched alkanes of at least 4 members (excludes halogenated alkanes) is 1. The van der Waals surface area contributed by atoms with Crippen molar-refractivity contribution in [2.24, 2.45) is 0 Å². The second-order valence-corrected chi connectivity index (χ2v) is 5.26. The largest absolute Gasteiger partial charge is 0.289 e. The number of halogens is 1. The maximum Gasteiger partial charge on any atom is 0.182 e. The molecule has 0 aliphatic carbocycles. The maximum absolute atomic E-state index is 11.9. The van der Waals surface area contributed by atoms with Gasteiger partial charge in [0, 0.05) is 24.4 Å². The van der Waals surface area contributed by atoms with E-state index >= 15 is 0 Å². The molecular weight excluding hydrogens is 233 g/mol. The molecule has 0 spiro atoms. The Balaban J connectivity index is 0.00000225. The monoisotopic (exact) mass is 249 g/mol. The predicted molar refractivity (Wildman–Crippen MR) is 74.4 cm³/mol. The van der Waals surface area contributed by atoms with Gasteiger partial charge < -0.3 is 0 Å². The van der Waals surface area contributed by atoms with E-state index in [9.17, 15) is 4.79 Å². The number of aryl methyl sites for hydroxylation is 1. The Labute approximate surface area is 116 Å². The Kier molecular flexibility index (Phi) is 8.43. The molecule has 1 aromatic carbocycles. The topological polar surface area (TPSA) is 17.1 Å². The first-order valence-corrected chi connectivity index (χ1v) is 6.78. The number of hydrogen-bond donors (Lipinski definition) is 0. The van der Waals surface area contributed by atoms with E-state index in [0.29, 0.717) is 19.2 Å². The fourth-order valence-corrected chi connectivity index (χ4v) is 3.04. The standard InChI is InChI=1S/C12H16ClOP.Li/c1-3-4-8-15-12(14)11-9(2)6-5-7-10(11)13;/h5-7,15H,3-4,8H2,1-2H3;. The second-order valence-electron chi connectivity index (χ2n) is 3.54. The normalized spacial score (nSPS) is 10.4. The zero-order valence-electron chi connectivity index (χ0n) is 10.1. The Morgan fingerprint density at radius 1 is 1.44 bits per heavy atom. The molecule has 0 aliphatic rings. The first-order valence-electron chi connectivity index (χ1n) is 5.20. The summed E-state index contributed by atoms with van der Waals surface area (Å²) < 4.78 is 0. The molecule has 0 aliphatic heterocycles. The molecule has 0 aromatic heterocycles. The Morgan fingerprint density at radius 2 is 2.12 bits per heavy atom. The minimum Gasteiger partial charge on any atom is -0.289 e. The van der Waals surface area contributed by atoms with Gasteiger partial charge in [0.2, 0.25) is 0 Å². The van der Waals surface area contributed by atoms with Crippen molar-refractivity contribution in [2.45, 2.75) is 26.7 Å². The van der Waals surface area contributed by atoms with Crippen molar-refractivity contribution < 1.29 is 4.79 Å². The first kappa shape index (κ1) is 16.2. The van der Waals surface area contributed by atoms with E-state index in [1.807, 2.05) is 19.1 Å². The summed E-state index contributed by atoms with van der Waals surface area (Å²) in [5.74, 6) is 0. The van der Waals surface area contributed by atoms with E-state index in [1.54, 1.807) is 6.07 Å². The van der Waals surface area contributed by atoms with E-state index in [4.69, 9.17) is 11.6 Å². The Hall–Kier alpha value is 0.207. The number of rotatable bonds is 5. The SMILES string of the molecule is CCCCPC(=O)c1c(C)cccc1Cl.[Li]. The zero-order chi connectivity index (χ0) is 11.3. The summed E-state index contributed by atoms with van der Waals surface area (Å²) in [6, 6.07) is 5.60. The molecule has 16 heavy (non-hydrogen) atoms. The summed E-state index contributed by atoms with van der Waals surface area (Å²) in [5, 5.41) is 0.587. The molecule has 0 N–H and O–H groups in total. The van der Waals surface area contributed by atoms with Gasteiger partial charge in [-0.05, 0) is 39.7 Å². The smallest absolute Gasteiger partial charge is 0.182 e. The third-order valence-corrected chi connectivity index (χ3v) is 3.75. The van der Waals surface area contributed by atoms with Crippen molar-refractivity contribution >= 4 is 44.6 Å². The minimum absolute atomic E-state index is 0. The van der Waals surface area contributed by atoms with E-state index in [-0.39, 0.29) is 24.4 Å². The van der Waals surface area contributed by atoms with Crippen LogP contribution in [0.15, 0.2) is 18.2 Å². The Morgan fingerprint density at radius 3 is 2.69 bits per heavy atom. The molecule has 0 fully saturated rings. The Bertz CT molecular complexity index is 335. The summed E-state index contributed by atoms with van der Waals surface area (Å²) in [4.78, 5) is 11.9. The van der Waals surface area contributed by atoms with E-state index in [0.717, 1.165) is 24.6 Å². The average Bonchev–Trinajstić information content (AvgIpc) is 2.18. The molecule has 1 unspecified atom stereocenters. The van der Waals surface area contributed by atoms with E-state index in [1.165, 1.54) is 0 Å². The van der Waals surface area contributed by atoms with Gasteiger partial charge in [0.1, 0.15) is 0 Å². The molecule has 1 nitrogen and oxygen atoms in total. The van der Waals surface area contributed by atoms with Crippen molar-refractivity contribution in [1.29, 1.82) is 0 Å². The van der Waals surface area contributed by atoms with Gasteiger partial charge in [-0.25, -0.2) is 0 Å². The molecular formula is C12H16ClLiOP. The molecule has 1 aromatic rings. The molecule has 0 amide bonds.